The van der Waals surface area contributed by atoms with Gasteiger partial charge in [0, 0.05) is 11.6 Å². The average molecular weight is 302 g/mol. The molecule has 0 amide bonds. The van der Waals surface area contributed by atoms with Crippen LogP contribution in [0.5, 0.6) is 11.5 Å². The molecule has 0 heterocycles. The highest BCUT2D eigenvalue weighted by molar-refractivity contribution is 5.32. The Morgan fingerprint density at radius 2 is 1.77 bits per heavy atom. The number of aliphatic hydroxyl groups excluding tert-OH is 1. The fourth-order valence-electron chi connectivity index (χ4n) is 2.21. The lowest BCUT2D eigenvalue weighted by Gasteiger charge is -2.15. The summed E-state index contributed by atoms with van der Waals surface area (Å²) in [5.41, 5.74) is 1.25. The Morgan fingerprint density at radius 1 is 1.05 bits per heavy atom. The van der Waals surface area contributed by atoms with Crippen LogP contribution in [0.25, 0.3) is 0 Å². The van der Waals surface area contributed by atoms with Crippen LogP contribution in [0.15, 0.2) is 54.6 Å². The second kappa shape index (κ2) is 8.41. The van der Waals surface area contributed by atoms with Gasteiger partial charge < -0.3 is 19.9 Å². The summed E-state index contributed by atoms with van der Waals surface area (Å²) in [6.45, 7) is 3.00. The molecule has 0 aliphatic carbocycles. The number of nitrogens with two attached hydrogens (primary N) is 1. The summed E-state index contributed by atoms with van der Waals surface area (Å²) in [5.74, 6) is 1.45. The van der Waals surface area contributed by atoms with Gasteiger partial charge in [0.2, 0.25) is 0 Å². The zero-order valence-electron chi connectivity index (χ0n) is 13.1. The Bertz CT molecular complexity index is 559. The number of hydrogen-bond acceptors (Lipinski definition) is 3. The van der Waals surface area contributed by atoms with E-state index < -0.39 is 6.10 Å². The van der Waals surface area contributed by atoms with E-state index in [1.807, 2.05) is 42.5 Å². The molecule has 0 aromatic heterocycles. The lowest BCUT2D eigenvalue weighted by Crippen LogP contribution is -2.87. The molecule has 118 valence electrons. The predicted molar refractivity (Wildman–Crippen MR) is 86.1 cm³/mol. The summed E-state index contributed by atoms with van der Waals surface area (Å²) >= 11 is 0. The molecule has 2 aromatic rings. The minimum absolute atomic E-state index is 0.269. The van der Waals surface area contributed by atoms with Gasteiger partial charge in [-0.15, -0.1) is 0 Å². The number of ether oxygens (including phenoxy) is 2. The lowest BCUT2D eigenvalue weighted by molar-refractivity contribution is -0.698. The van der Waals surface area contributed by atoms with Crippen molar-refractivity contribution in [1.82, 2.24) is 0 Å². The number of hydrogen-bond donors (Lipinski definition) is 2. The smallest absolute Gasteiger partial charge is 0.137 e. The molecule has 0 aliphatic heterocycles. The first-order chi connectivity index (χ1) is 10.7. The number of aliphatic hydroxyl groups is 1. The number of methoxy groups -OCH3 is 1. The van der Waals surface area contributed by atoms with Crippen LogP contribution in [-0.4, -0.2) is 31.5 Å². The number of rotatable bonds is 8. The molecule has 0 unspecified atom stereocenters. The van der Waals surface area contributed by atoms with Crippen molar-refractivity contribution in [2.75, 3.05) is 20.3 Å². The van der Waals surface area contributed by atoms with E-state index in [9.17, 15) is 5.11 Å². The first-order valence-electron chi connectivity index (χ1n) is 7.52. The predicted octanol–water partition coefficient (Wildman–Crippen LogP) is 1.76. The van der Waals surface area contributed by atoms with Gasteiger partial charge in [0.05, 0.1) is 7.11 Å². The van der Waals surface area contributed by atoms with Crippen LogP contribution in [0.2, 0.25) is 0 Å². The Labute approximate surface area is 131 Å². The fraction of sp³-hybridized carbons (Fsp3) is 0.333. The summed E-state index contributed by atoms with van der Waals surface area (Å²) < 4.78 is 10.7. The molecule has 0 aliphatic rings. The lowest BCUT2D eigenvalue weighted by atomic mass is 10.1. The summed E-state index contributed by atoms with van der Waals surface area (Å²) in [7, 11) is 1.62. The Balaban J connectivity index is 1.74. The second-order valence-electron chi connectivity index (χ2n) is 5.31. The molecule has 0 radical (unpaired) electrons. The van der Waals surface area contributed by atoms with E-state index in [2.05, 4.69) is 24.4 Å². The van der Waals surface area contributed by atoms with Crippen molar-refractivity contribution in [2.45, 2.75) is 19.1 Å². The van der Waals surface area contributed by atoms with Crippen LogP contribution in [0.1, 0.15) is 18.5 Å². The molecule has 22 heavy (non-hydrogen) atoms. The largest absolute Gasteiger partial charge is 0.497 e. The van der Waals surface area contributed by atoms with Gasteiger partial charge in [-0.05, 0) is 19.1 Å². The van der Waals surface area contributed by atoms with E-state index in [-0.39, 0.29) is 6.61 Å². The maximum absolute atomic E-state index is 10.0. The van der Waals surface area contributed by atoms with Crippen LogP contribution in [0.4, 0.5) is 0 Å². The van der Waals surface area contributed by atoms with Gasteiger partial charge in [-0.25, -0.2) is 0 Å². The quantitative estimate of drug-likeness (QED) is 0.781. The first-order valence-corrected chi connectivity index (χ1v) is 7.52. The normalized spacial score (nSPS) is 13.4. The van der Waals surface area contributed by atoms with Gasteiger partial charge in [-0.1, -0.05) is 36.4 Å². The molecule has 0 saturated carbocycles. The molecule has 3 N–H and O–H groups in total. The number of quaternary nitrogens is 1. The summed E-state index contributed by atoms with van der Waals surface area (Å²) in [6, 6.07) is 18.0. The maximum Gasteiger partial charge on any atom is 0.137 e. The van der Waals surface area contributed by atoms with Crippen LogP contribution in [0.3, 0.4) is 0 Å². The van der Waals surface area contributed by atoms with E-state index in [4.69, 9.17) is 9.47 Å². The Kier molecular flexibility index (Phi) is 6.25. The van der Waals surface area contributed by atoms with Crippen molar-refractivity contribution in [3.8, 4) is 11.5 Å². The van der Waals surface area contributed by atoms with E-state index >= 15 is 0 Å². The van der Waals surface area contributed by atoms with Crippen molar-refractivity contribution in [1.29, 1.82) is 0 Å². The SMILES string of the molecule is COc1cccc(OC[C@H](O)C[NH2+][C@@H](C)c2ccccc2)c1. The minimum Gasteiger partial charge on any atom is -0.497 e. The number of benzene rings is 2. The Morgan fingerprint density at radius 3 is 2.50 bits per heavy atom. The van der Waals surface area contributed by atoms with Gasteiger partial charge in [-0.2, -0.15) is 0 Å². The summed E-state index contributed by atoms with van der Waals surface area (Å²) in [5, 5.41) is 12.2. The molecule has 0 spiro atoms. The Hall–Kier alpha value is -2.04. The minimum atomic E-state index is -0.516. The van der Waals surface area contributed by atoms with Gasteiger partial charge in [0.1, 0.15) is 36.8 Å². The highest BCUT2D eigenvalue weighted by Crippen LogP contribution is 2.18. The standard InChI is InChI=1S/C18H23NO3/c1-14(15-7-4-3-5-8-15)19-12-16(20)13-22-18-10-6-9-17(11-18)21-2/h3-11,14,16,19-20H,12-13H2,1-2H3/p+1/t14-,16+/m0/s1. The molecule has 0 bridgehead atoms. The van der Waals surface area contributed by atoms with Crippen LogP contribution < -0.4 is 14.8 Å². The summed E-state index contributed by atoms with van der Waals surface area (Å²) in [4.78, 5) is 0. The van der Waals surface area contributed by atoms with Crippen LogP contribution in [-0.2, 0) is 0 Å². The average Bonchev–Trinajstić information content (AvgIpc) is 2.58. The molecule has 0 saturated heterocycles. The van der Waals surface area contributed by atoms with Crippen molar-refractivity contribution in [3.63, 3.8) is 0 Å². The van der Waals surface area contributed by atoms with E-state index in [1.54, 1.807) is 7.11 Å². The van der Waals surface area contributed by atoms with E-state index in [0.29, 0.717) is 18.3 Å². The zero-order valence-corrected chi connectivity index (χ0v) is 13.1. The second-order valence-corrected chi connectivity index (χ2v) is 5.31. The third kappa shape index (κ3) is 5.06. The summed E-state index contributed by atoms with van der Waals surface area (Å²) in [6.07, 6.45) is -0.516. The molecule has 4 heteroatoms. The molecule has 0 fully saturated rings. The van der Waals surface area contributed by atoms with Crippen LogP contribution in [0, 0.1) is 0 Å². The molecular formula is C18H24NO3+. The molecule has 4 nitrogen and oxygen atoms in total. The van der Waals surface area contributed by atoms with Crippen molar-refractivity contribution < 1.29 is 19.9 Å². The maximum atomic E-state index is 10.0. The topological polar surface area (TPSA) is 55.3 Å². The monoisotopic (exact) mass is 302 g/mol. The van der Waals surface area contributed by atoms with Gasteiger partial charge in [0.15, 0.2) is 0 Å². The van der Waals surface area contributed by atoms with Crippen molar-refractivity contribution in [2.24, 2.45) is 0 Å². The van der Waals surface area contributed by atoms with E-state index in [1.165, 1.54) is 5.56 Å². The molecule has 2 aromatic carbocycles. The van der Waals surface area contributed by atoms with Crippen molar-refractivity contribution in [3.05, 3.63) is 60.2 Å². The van der Waals surface area contributed by atoms with Gasteiger partial charge >= 0.3 is 0 Å². The van der Waals surface area contributed by atoms with Crippen molar-refractivity contribution >= 4 is 0 Å². The molecular weight excluding hydrogens is 278 g/mol. The highest BCUT2D eigenvalue weighted by Gasteiger charge is 2.12. The highest BCUT2D eigenvalue weighted by atomic mass is 16.5. The fourth-order valence-corrected chi connectivity index (χ4v) is 2.21. The zero-order chi connectivity index (χ0) is 15.8. The van der Waals surface area contributed by atoms with Crippen LogP contribution >= 0.6 is 0 Å². The first kappa shape index (κ1) is 16.3. The van der Waals surface area contributed by atoms with Gasteiger partial charge in [-0.3, -0.25) is 0 Å². The third-order valence-electron chi connectivity index (χ3n) is 3.57. The van der Waals surface area contributed by atoms with E-state index in [0.717, 1.165) is 5.75 Å². The van der Waals surface area contributed by atoms with Gasteiger partial charge in [0.25, 0.3) is 0 Å². The molecule has 2 rings (SSSR count). The third-order valence-corrected chi connectivity index (χ3v) is 3.57. The molecule has 2 atom stereocenters.